The van der Waals surface area contributed by atoms with E-state index in [4.69, 9.17) is 9.47 Å². The molecule has 0 bridgehead atoms. The van der Waals surface area contributed by atoms with Crippen LogP contribution in [0.4, 0.5) is 0 Å². The van der Waals surface area contributed by atoms with Gasteiger partial charge in [-0.15, -0.1) is 0 Å². The largest absolute Gasteiger partial charge is 0.497 e. The Labute approximate surface area is 194 Å². The van der Waals surface area contributed by atoms with E-state index in [0.29, 0.717) is 68.0 Å². The molecule has 0 atom stereocenters. The average molecular weight is 456 g/mol. The Morgan fingerprint density at radius 3 is 2.33 bits per heavy atom. The maximum absolute atomic E-state index is 13.2. The van der Waals surface area contributed by atoms with Crippen LogP contribution in [-0.4, -0.2) is 72.5 Å². The van der Waals surface area contributed by atoms with E-state index < -0.39 is 5.97 Å². The molecule has 1 aromatic carbocycles. The van der Waals surface area contributed by atoms with Gasteiger partial charge in [-0.1, -0.05) is 12.1 Å². The SMILES string of the molecule is CCOC(=O)c1c(C)[nH]c(C(=O)N2CCCN(C(=O)CCc3ccc(OC)cc3)CC2)c1C. The molecular formula is C25H33N3O5. The standard InChI is InChI=1S/C25H33N3O5/c1-5-33-25(31)22-17(2)23(26-18(22)3)24(30)28-14-6-13-27(15-16-28)21(29)12-9-19-7-10-20(32-4)11-8-19/h7-8,10-11,26H,5-6,9,12-16H2,1-4H3. The quantitative estimate of drug-likeness (QED) is 0.648. The molecule has 2 heterocycles. The van der Waals surface area contributed by atoms with Gasteiger partial charge in [0.15, 0.2) is 0 Å². The fraction of sp³-hybridized carbons (Fsp3) is 0.480. The average Bonchev–Trinajstić information content (AvgIpc) is 2.97. The van der Waals surface area contributed by atoms with E-state index in [1.165, 1.54) is 0 Å². The fourth-order valence-electron chi connectivity index (χ4n) is 4.20. The smallest absolute Gasteiger partial charge is 0.340 e. The van der Waals surface area contributed by atoms with Gasteiger partial charge in [-0.2, -0.15) is 0 Å². The molecule has 1 saturated heterocycles. The summed E-state index contributed by atoms with van der Waals surface area (Å²) < 4.78 is 10.3. The van der Waals surface area contributed by atoms with Gasteiger partial charge in [-0.25, -0.2) is 4.79 Å². The third-order valence-corrected chi connectivity index (χ3v) is 6.05. The summed E-state index contributed by atoms with van der Waals surface area (Å²) in [7, 11) is 1.63. The molecule has 178 valence electrons. The summed E-state index contributed by atoms with van der Waals surface area (Å²) in [6.45, 7) is 7.70. The minimum Gasteiger partial charge on any atom is -0.497 e. The van der Waals surface area contributed by atoms with Crippen molar-refractivity contribution in [2.24, 2.45) is 0 Å². The van der Waals surface area contributed by atoms with Gasteiger partial charge in [0.1, 0.15) is 11.4 Å². The summed E-state index contributed by atoms with van der Waals surface area (Å²) in [6.07, 6.45) is 1.81. The van der Waals surface area contributed by atoms with Crippen molar-refractivity contribution in [3.63, 3.8) is 0 Å². The number of benzene rings is 1. The minimum absolute atomic E-state index is 0.0941. The second-order valence-corrected chi connectivity index (χ2v) is 8.22. The number of carbonyl (C=O) groups excluding carboxylic acids is 3. The molecule has 1 fully saturated rings. The monoisotopic (exact) mass is 455 g/mol. The van der Waals surface area contributed by atoms with E-state index in [-0.39, 0.29) is 18.4 Å². The van der Waals surface area contributed by atoms with E-state index in [1.807, 2.05) is 29.2 Å². The Balaban J connectivity index is 1.59. The zero-order valence-electron chi connectivity index (χ0n) is 19.9. The second-order valence-electron chi connectivity index (χ2n) is 8.22. The van der Waals surface area contributed by atoms with Gasteiger partial charge in [-0.3, -0.25) is 9.59 Å². The number of aromatic nitrogens is 1. The van der Waals surface area contributed by atoms with Crippen LogP contribution in [0, 0.1) is 13.8 Å². The van der Waals surface area contributed by atoms with Gasteiger partial charge in [0, 0.05) is 38.3 Å². The summed E-state index contributed by atoms with van der Waals surface area (Å²) in [5.74, 6) is 0.312. The minimum atomic E-state index is -0.424. The Hall–Kier alpha value is -3.29. The molecule has 33 heavy (non-hydrogen) atoms. The lowest BCUT2D eigenvalue weighted by Gasteiger charge is -2.22. The first-order chi connectivity index (χ1) is 15.8. The van der Waals surface area contributed by atoms with Gasteiger partial charge in [0.05, 0.1) is 19.3 Å². The van der Waals surface area contributed by atoms with Crippen LogP contribution in [0.25, 0.3) is 0 Å². The molecule has 3 rings (SSSR count). The van der Waals surface area contributed by atoms with Crippen LogP contribution in [-0.2, 0) is 16.0 Å². The number of hydrogen-bond donors (Lipinski definition) is 1. The number of methoxy groups -OCH3 is 1. The van der Waals surface area contributed by atoms with E-state index in [0.717, 1.165) is 11.3 Å². The van der Waals surface area contributed by atoms with Crippen molar-refractivity contribution in [2.45, 2.75) is 40.0 Å². The summed E-state index contributed by atoms with van der Waals surface area (Å²) in [4.78, 5) is 44.9. The van der Waals surface area contributed by atoms with E-state index in [2.05, 4.69) is 4.98 Å². The van der Waals surface area contributed by atoms with Crippen molar-refractivity contribution in [1.82, 2.24) is 14.8 Å². The number of nitrogens with one attached hydrogen (secondary N) is 1. The van der Waals surface area contributed by atoms with Gasteiger partial charge in [0.2, 0.25) is 5.91 Å². The first kappa shape index (κ1) is 24.4. The third-order valence-electron chi connectivity index (χ3n) is 6.05. The first-order valence-electron chi connectivity index (χ1n) is 11.4. The van der Waals surface area contributed by atoms with Crippen LogP contribution >= 0.6 is 0 Å². The molecule has 8 nitrogen and oxygen atoms in total. The van der Waals surface area contributed by atoms with Crippen molar-refractivity contribution in [2.75, 3.05) is 39.9 Å². The zero-order chi connectivity index (χ0) is 24.0. The predicted molar refractivity (Wildman–Crippen MR) is 125 cm³/mol. The Bertz CT molecular complexity index is 996. The number of aryl methyl sites for hydroxylation is 2. The summed E-state index contributed by atoms with van der Waals surface area (Å²) in [5, 5.41) is 0. The lowest BCUT2D eigenvalue weighted by molar-refractivity contribution is -0.131. The molecule has 2 aromatic rings. The normalized spacial score (nSPS) is 14.1. The molecule has 8 heteroatoms. The van der Waals surface area contributed by atoms with Crippen LogP contribution in [0.1, 0.15) is 57.4 Å². The van der Waals surface area contributed by atoms with E-state index >= 15 is 0 Å². The number of carbonyl (C=O) groups is 3. The topological polar surface area (TPSA) is 91.9 Å². The number of nitrogens with zero attached hydrogens (tertiary/aromatic N) is 2. The van der Waals surface area contributed by atoms with Gasteiger partial charge >= 0.3 is 5.97 Å². The van der Waals surface area contributed by atoms with Crippen molar-refractivity contribution < 1.29 is 23.9 Å². The zero-order valence-corrected chi connectivity index (χ0v) is 19.9. The molecule has 0 aliphatic carbocycles. The van der Waals surface area contributed by atoms with E-state index in [1.54, 1.807) is 32.8 Å². The molecule has 1 aliphatic heterocycles. The highest BCUT2D eigenvalue weighted by Gasteiger charge is 2.28. The molecule has 0 radical (unpaired) electrons. The maximum Gasteiger partial charge on any atom is 0.340 e. The predicted octanol–water partition coefficient (Wildman–Crippen LogP) is 3.12. The number of rotatable bonds is 7. The molecule has 0 saturated carbocycles. The van der Waals surface area contributed by atoms with E-state index in [9.17, 15) is 14.4 Å². The van der Waals surface area contributed by atoms with Gasteiger partial charge in [-0.05, 0) is 56.9 Å². The second kappa shape index (κ2) is 11.0. The molecule has 1 aromatic heterocycles. The van der Waals surface area contributed by atoms with Crippen molar-refractivity contribution in [1.29, 1.82) is 0 Å². The summed E-state index contributed by atoms with van der Waals surface area (Å²) in [6, 6.07) is 7.74. The highest BCUT2D eigenvalue weighted by molar-refractivity contribution is 6.00. The molecule has 1 N–H and O–H groups in total. The number of H-pyrrole nitrogens is 1. The Morgan fingerprint density at radius 1 is 1.00 bits per heavy atom. The molecule has 0 unspecified atom stereocenters. The Morgan fingerprint density at radius 2 is 1.67 bits per heavy atom. The van der Waals surface area contributed by atoms with Crippen LogP contribution in [0.15, 0.2) is 24.3 Å². The number of hydrogen-bond acceptors (Lipinski definition) is 5. The number of aromatic amines is 1. The molecule has 2 amide bonds. The highest BCUT2D eigenvalue weighted by atomic mass is 16.5. The van der Waals surface area contributed by atoms with Crippen molar-refractivity contribution in [3.05, 3.63) is 52.3 Å². The summed E-state index contributed by atoms with van der Waals surface area (Å²) >= 11 is 0. The number of amides is 2. The molecule has 1 aliphatic rings. The van der Waals surface area contributed by atoms with Crippen LogP contribution in [0.3, 0.4) is 0 Å². The highest BCUT2D eigenvalue weighted by Crippen LogP contribution is 2.21. The van der Waals surface area contributed by atoms with Gasteiger partial charge < -0.3 is 24.3 Å². The number of esters is 1. The molecule has 0 spiro atoms. The van der Waals surface area contributed by atoms with Crippen LogP contribution < -0.4 is 4.74 Å². The third kappa shape index (κ3) is 5.74. The van der Waals surface area contributed by atoms with Crippen molar-refractivity contribution >= 4 is 17.8 Å². The number of ether oxygens (including phenoxy) is 2. The van der Waals surface area contributed by atoms with Crippen LogP contribution in [0.5, 0.6) is 5.75 Å². The lowest BCUT2D eigenvalue weighted by atomic mass is 10.1. The fourth-order valence-corrected chi connectivity index (χ4v) is 4.20. The summed E-state index contributed by atoms with van der Waals surface area (Å²) in [5.41, 5.74) is 3.15. The van der Waals surface area contributed by atoms with Crippen molar-refractivity contribution in [3.8, 4) is 5.75 Å². The Kier molecular flexibility index (Phi) is 8.14. The van der Waals surface area contributed by atoms with Gasteiger partial charge in [0.25, 0.3) is 5.91 Å². The maximum atomic E-state index is 13.2. The molecular weight excluding hydrogens is 422 g/mol. The first-order valence-corrected chi connectivity index (χ1v) is 11.4. The van der Waals surface area contributed by atoms with Crippen LogP contribution in [0.2, 0.25) is 0 Å². The lowest BCUT2D eigenvalue weighted by Crippen LogP contribution is -2.37.